The van der Waals surface area contributed by atoms with Gasteiger partial charge in [-0.25, -0.2) is 9.18 Å². The number of ether oxygens (including phenoxy) is 1. The van der Waals surface area contributed by atoms with Gasteiger partial charge in [0.25, 0.3) is 0 Å². The predicted octanol–water partition coefficient (Wildman–Crippen LogP) is 4.01. The van der Waals surface area contributed by atoms with Gasteiger partial charge >= 0.3 is 6.03 Å². The van der Waals surface area contributed by atoms with Gasteiger partial charge in [-0.1, -0.05) is 78.9 Å². The van der Waals surface area contributed by atoms with Crippen LogP contribution in [0.15, 0.2) is 91.0 Å². The summed E-state index contributed by atoms with van der Waals surface area (Å²) in [6, 6.07) is 22.6. The van der Waals surface area contributed by atoms with E-state index in [2.05, 4.69) is 16.0 Å². The van der Waals surface area contributed by atoms with E-state index in [9.17, 15) is 19.1 Å². The summed E-state index contributed by atoms with van der Waals surface area (Å²) in [5, 5.41) is 17.7. The van der Waals surface area contributed by atoms with Crippen molar-refractivity contribution in [3.05, 3.63) is 102 Å². The molecule has 7 nitrogen and oxygen atoms in total. The molecule has 3 aromatic carbocycles. The van der Waals surface area contributed by atoms with E-state index in [1.165, 1.54) is 18.2 Å². The number of aliphatic hydroxyl groups excluding tert-OH is 1. The summed E-state index contributed by atoms with van der Waals surface area (Å²) in [5.74, 6) is -0.753. The molecule has 3 amide bonds. The molecule has 8 heteroatoms. The quantitative estimate of drug-likeness (QED) is 0.360. The first-order valence-corrected chi connectivity index (χ1v) is 11.7. The van der Waals surface area contributed by atoms with Gasteiger partial charge in [0.2, 0.25) is 5.91 Å². The van der Waals surface area contributed by atoms with Crippen LogP contribution in [0.3, 0.4) is 0 Å². The Morgan fingerprint density at radius 3 is 2.31 bits per heavy atom. The zero-order valence-corrected chi connectivity index (χ0v) is 19.6. The minimum atomic E-state index is -0.746. The second-order valence-electron chi connectivity index (χ2n) is 8.43. The molecule has 0 unspecified atom stereocenters. The van der Waals surface area contributed by atoms with Crippen LogP contribution in [0.25, 0.3) is 11.1 Å². The maximum absolute atomic E-state index is 13.7. The predicted molar refractivity (Wildman–Crippen MR) is 136 cm³/mol. The third-order valence-electron chi connectivity index (χ3n) is 5.82. The van der Waals surface area contributed by atoms with Gasteiger partial charge in [-0.2, -0.15) is 0 Å². The Kier molecular flexibility index (Phi) is 8.44. The molecule has 0 aromatic heterocycles. The fraction of sp³-hybridized carbons (Fsp3) is 0.214. The Bertz CT molecular complexity index is 1200. The zero-order chi connectivity index (χ0) is 25.3. The first-order valence-electron chi connectivity index (χ1n) is 11.7. The van der Waals surface area contributed by atoms with Crippen molar-refractivity contribution in [2.75, 3.05) is 11.9 Å². The van der Waals surface area contributed by atoms with E-state index in [1.807, 2.05) is 54.6 Å². The lowest BCUT2D eigenvalue weighted by atomic mass is 10.0. The number of amides is 3. The second kappa shape index (κ2) is 12.1. The normalized spacial score (nSPS) is 18.9. The van der Waals surface area contributed by atoms with E-state index in [-0.39, 0.29) is 24.6 Å². The molecule has 0 aliphatic carbocycles. The largest absolute Gasteiger partial charge is 0.394 e. The van der Waals surface area contributed by atoms with Crippen molar-refractivity contribution in [2.45, 2.75) is 31.2 Å². The van der Waals surface area contributed by atoms with Gasteiger partial charge in [0.1, 0.15) is 11.9 Å². The second-order valence-corrected chi connectivity index (χ2v) is 8.43. The number of hydrogen-bond acceptors (Lipinski definition) is 4. The van der Waals surface area contributed by atoms with Crippen molar-refractivity contribution in [3.63, 3.8) is 0 Å². The molecule has 1 heterocycles. The van der Waals surface area contributed by atoms with Gasteiger partial charge < -0.3 is 25.8 Å². The zero-order valence-electron chi connectivity index (χ0n) is 19.6. The van der Waals surface area contributed by atoms with Crippen molar-refractivity contribution in [1.82, 2.24) is 10.6 Å². The Labute approximate surface area is 209 Å². The van der Waals surface area contributed by atoms with Crippen LogP contribution in [-0.4, -0.2) is 41.9 Å². The van der Waals surface area contributed by atoms with Crippen LogP contribution >= 0.6 is 0 Å². The van der Waals surface area contributed by atoms with Crippen LogP contribution in [0.1, 0.15) is 12.0 Å². The van der Waals surface area contributed by atoms with Gasteiger partial charge in [-0.3, -0.25) is 4.79 Å². The summed E-state index contributed by atoms with van der Waals surface area (Å²) >= 11 is 0. The van der Waals surface area contributed by atoms with Crippen molar-refractivity contribution >= 4 is 17.6 Å². The van der Waals surface area contributed by atoms with Crippen LogP contribution in [0.4, 0.5) is 14.9 Å². The highest BCUT2D eigenvalue weighted by atomic mass is 19.1. The number of para-hydroxylation sites is 1. The van der Waals surface area contributed by atoms with Gasteiger partial charge in [-0.05, 0) is 28.8 Å². The van der Waals surface area contributed by atoms with Crippen LogP contribution < -0.4 is 16.0 Å². The summed E-state index contributed by atoms with van der Waals surface area (Å²) in [6.45, 7) is 0.0228. The molecule has 186 valence electrons. The number of carbonyl (C=O) groups is 2. The minimum Gasteiger partial charge on any atom is -0.394 e. The highest BCUT2D eigenvalue weighted by molar-refractivity contribution is 5.89. The smallest absolute Gasteiger partial charge is 0.319 e. The van der Waals surface area contributed by atoms with Crippen molar-refractivity contribution < 1.29 is 23.8 Å². The van der Waals surface area contributed by atoms with Crippen LogP contribution in [0.5, 0.6) is 0 Å². The number of hydrogen-bond donors (Lipinski definition) is 4. The molecule has 1 aliphatic rings. The summed E-state index contributed by atoms with van der Waals surface area (Å²) in [5.41, 5.74) is 3.25. The Balaban J connectivity index is 1.25. The SMILES string of the molecule is O=C(C[C@H]1C=C[C@@H](NC(=O)Nc2ccccc2F)[C@H](CO)O1)NCc1ccc(-c2ccccc2)cc1. The molecular weight excluding hydrogens is 461 g/mol. The molecule has 36 heavy (non-hydrogen) atoms. The highest BCUT2D eigenvalue weighted by Crippen LogP contribution is 2.20. The van der Waals surface area contributed by atoms with Crippen molar-refractivity contribution in [1.29, 1.82) is 0 Å². The maximum Gasteiger partial charge on any atom is 0.319 e. The molecule has 4 rings (SSSR count). The minimum absolute atomic E-state index is 0.0421. The number of carbonyl (C=O) groups excluding carboxylic acids is 2. The standard InChI is InChI=1S/C28H28FN3O4/c29-23-8-4-5-9-24(23)31-28(35)32-25-15-14-22(36-26(25)18-33)16-27(34)30-17-19-10-12-21(13-11-19)20-6-2-1-3-7-20/h1-15,22,25-26,33H,16-18H2,(H,30,34)(H2,31,32,35)/t22-,25-,26+/m1/s1. The average Bonchev–Trinajstić information content (AvgIpc) is 2.90. The van der Waals surface area contributed by atoms with Gasteiger partial charge in [-0.15, -0.1) is 0 Å². The molecule has 0 spiro atoms. The molecular formula is C28H28FN3O4. The van der Waals surface area contributed by atoms with Crippen molar-refractivity contribution in [3.8, 4) is 11.1 Å². The number of nitrogens with one attached hydrogen (secondary N) is 3. The van der Waals surface area contributed by atoms with Crippen LogP contribution in [-0.2, 0) is 16.1 Å². The molecule has 0 saturated carbocycles. The van der Waals surface area contributed by atoms with E-state index in [1.54, 1.807) is 18.2 Å². The highest BCUT2D eigenvalue weighted by Gasteiger charge is 2.29. The first-order chi connectivity index (χ1) is 17.5. The van der Waals surface area contributed by atoms with Crippen LogP contribution in [0.2, 0.25) is 0 Å². The van der Waals surface area contributed by atoms with Crippen molar-refractivity contribution in [2.24, 2.45) is 0 Å². The lowest BCUT2D eigenvalue weighted by molar-refractivity contribution is -0.125. The number of benzene rings is 3. The summed E-state index contributed by atoms with van der Waals surface area (Å²) < 4.78 is 19.5. The Morgan fingerprint density at radius 2 is 1.58 bits per heavy atom. The monoisotopic (exact) mass is 489 g/mol. The molecule has 1 aliphatic heterocycles. The van der Waals surface area contributed by atoms with E-state index in [0.29, 0.717) is 6.54 Å². The number of rotatable bonds is 8. The Hall–Kier alpha value is -4.01. The van der Waals surface area contributed by atoms with E-state index in [4.69, 9.17) is 4.74 Å². The summed E-state index contributed by atoms with van der Waals surface area (Å²) in [6.07, 6.45) is 2.13. The molecule has 0 radical (unpaired) electrons. The Morgan fingerprint density at radius 1 is 0.889 bits per heavy atom. The average molecular weight is 490 g/mol. The van der Waals surface area contributed by atoms with Gasteiger partial charge in [0.05, 0.1) is 30.9 Å². The summed E-state index contributed by atoms with van der Waals surface area (Å²) in [7, 11) is 0. The first kappa shape index (κ1) is 25.1. The van der Waals surface area contributed by atoms with E-state index < -0.39 is 30.1 Å². The third-order valence-corrected chi connectivity index (χ3v) is 5.82. The van der Waals surface area contributed by atoms with Crippen LogP contribution in [0, 0.1) is 5.82 Å². The van der Waals surface area contributed by atoms with Gasteiger partial charge in [0, 0.05) is 6.54 Å². The number of aliphatic hydroxyl groups is 1. The third kappa shape index (κ3) is 6.78. The number of halogens is 1. The molecule has 3 aromatic rings. The lowest BCUT2D eigenvalue weighted by Crippen LogP contribution is -2.50. The molecule has 4 N–H and O–H groups in total. The number of urea groups is 1. The lowest BCUT2D eigenvalue weighted by Gasteiger charge is -2.31. The van der Waals surface area contributed by atoms with E-state index in [0.717, 1.165) is 16.7 Å². The summed E-state index contributed by atoms with van der Waals surface area (Å²) in [4.78, 5) is 24.7. The topological polar surface area (TPSA) is 99.7 Å². The molecule has 0 bridgehead atoms. The number of anilines is 1. The fourth-order valence-corrected chi connectivity index (χ4v) is 3.91. The molecule has 0 saturated heterocycles. The maximum atomic E-state index is 13.7. The molecule has 3 atom stereocenters. The van der Waals surface area contributed by atoms with E-state index >= 15 is 0 Å². The molecule has 0 fully saturated rings. The fourth-order valence-electron chi connectivity index (χ4n) is 3.91. The van der Waals surface area contributed by atoms with Gasteiger partial charge in [0.15, 0.2) is 0 Å².